The molecule has 0 aromatic heterocycles. The van der Waals surface area contributed by atoms with E-state index in [1.54, 1.807) is 19.1 Å². The maximum Gasteiger partial charge on any atom is 0.165 e. The molecule has 100 valence electrons. The molecule has 0 atom stereocenters. The molecule has 19 heavy (non-hydrogen) atoms. The summed E-state index contributed by atoms with van der Waals surface area (Å²) < 4.78 is 5.12. The second-order valence-corrected chi connectivity index (χ2v) is 4.52. The first-order chi connectivity index (χ1) is 8.93. The van der Waals surface area contributed by atoms with E-state index in [1.165, 1.54) is 19.2 Å². The number of benzene rings is 2. The number of hydrogen-bond acceptors (Lipinski definition) is 4. The van der Waals surface area contributed by atoms with E-state index in [9.17, 15) is 15.3 Å². The molecule has 4 heteroatoms. The van der Waals surface area contributed by atoms with E-state index in [0.29, 0.717) is 16.9 Å². The number of phenols is 3. The van der Waals surface area contributed by atoms with Gasteiger partial charge in [0.1, 0.15) is 0 Å². The summed E-state index contributed by atoms with van der Waals surface area (Å²) in [7, 11) is 1.49. The van der Waals surface area contributed by atoms with E-state index < -0.39 is 0 Å². The van der Waals surface area contributed by atoms with Gasteiger partial charge in [0.2, 0.25) is 0 Å². The Morgan fingerprint density at radius 3 is 2.11 bits per heavy atom. The summed E-state index contributed by atoms with van der Waals surface area (Å²) in [5.74, 6) is -0.0101. The van der Waals surface area contributed by atoms with Crippen LogP contribution in [0, 0.1) is 13.8 Å². The van der Waals surface area contributed by atoms with Crippen molar-refractivity contribution < 1.29 is 20.1 Å². The SMILES string of the molecule is COc1cc(C)cc(-c2cc(O)c(O)cc2C)c1O. The zero-order chi connectivity index (χ0) is 14.2. The zero-order valence-electron chi connectivity index (χ0n) is 11.1. The minimum Gasteiger partial charge on any atom is -0.504 e. The van der Waals surface area contributed by atoms with E-state index in [0.717, 1.165) is 11.1 Å². The van der Waals surface area contributed by atoms with Crippen LogP contribution >= 0.6 is 0 Å². The molecule has 2 aromatic carbocycles. The standard InChI is InChI=1S/C15H16O4/c1-8-4-11(15(18)14(5-8)19-3)10-7-13(17)12(16)6-9(10)2/h4-7,16-18H,1-3H3. The first kappa shape index (κ1) is 13.1. The lowest BCUT2D eigenvalue weighted by atomic mass is 9.97. The maximum absolute atomic E-state index is 10.2. The Hall–Kier alpha value is -2.36. The number of ether oxygens (including phenoxy) is 1. The van der Waals surface area contributed by atoms with Crippen LogP contribution in [0.5, 0.6) is 23.0 Å². The second kappa shape index (κ2) is 4.72. The minimum atomic E-state index is -0.222. The molecule has 0 unspecified atom stereocenters. The molecule has 0 spiro atoms. The fourth-order valence-electron chi connectivity index (χ4n) is 2.08. The maximum atomic E-state index is 10.2. The van der Waals surface area contributed by atoms with Gasteiger partial charge < -0.3 is 20.1 Å². The van der Waals surface area contributed by atoms with Crippen LogP contribution in [0.2, 0.25) is 0 Å². The molecule has 0 amide bonds. The van der Waals surface area contributed by atoms with Crippen LogP contribution < -0.4 is 4.74 Å². The van der Waals surface area contributed by atoms with Crippen molar-refractivity contribution in [2.24, 2.45) is 0 Å². The Labute approximate surface area is 111 Å². The van der Waals surface area contributed by atoms with Crippen molar-refractivity contribution >= 4 is 0 Å². The summed E-state index contributed by atoms with van der Waals surface area (Å²) in [6, 6.07) is 6.42. The molecule has 2 rings (SSSR count). The summed E-state index contributed by atoms with van der Waals surface area (Å²) in [5, 5.41) is 29.3. The topological polar surface area (TPSA) is 69.9 Å². The Morgan fingerprint density at radius 2 is 1.47 bits per heavy atom. The predicted molar refractivity (Wildman–Crippen MR) is 72.9 cm³/mol. The third-order valence-corrected chi connectivity index (χ3v) is 3.05. The lowest BCUT2D eigenvalue weighted by Crippen LogP contribution is -1.90. The van der Waals surface area contributed by atoms with Gasteiger partial charge in [-0.25, -0.2) is 0 Å². The molecule has 0 saturated heterocycles. The molecule has 0 aliphatic heterocycles. The Kier molecular flexibility index (Phi) is 3.25. The van der Waals surface area contributed by atoms with E-state index >= 15 is 0 Å². The second-order valence-electron chi connectivity index (χ2n) is 4.52. The summed E-state index contributed by atoms with van der Waals surface area (Å²) in [4.78, 5) is 0. The zero-order valence-corrected chi connectivity index (χ0v) is 11.1. The summed E-state index contributed by atoms with van der Waals surface area (Å²) in [5.41, 5.74) is 2.88. The molecule has 0 bridgehead atoms. The first-order valence-corrected chi connectivity index (χ1v) is 5.84. The molecular formula is C15H16O4. The molecule has 0 aliphatic rings. The number of methoxy groups -OCH3 is 1. The van der Waals surface area contributed by atoms with Gasteiger partial charge in [-0.2, -0.15) is 0 Å². The van der Waals surface area contributed by atoms with Crippen molar-refractivity contribution in [2.45, 2.75) is 13.8 Å². The Bertz CT molecular complexity index is 633. The molecule has 0 saturated carbocycles. The fraction of sp³-hybridized carbons (Fsp3) is 0.200. The summed E-state index contributed by atoms with van der Waals surface area (Å²) in [6.07, 6.45) is 0. The van der Waals surface area contributed by atoms with E-state index in [1.807, 2.05) is 6.92 Å². The van der Waals surface area contributed by atoms with E-state index in [2.05, 4.69) is 0 Å². The van der Waals surface area contributed by atoms with Gasteiger partial charge in [-0.05, 0) is 54.8 Å². The number of aromatic hydroxyl groups is 3. The van der Waals surface area contributed by atoms with Crippen LogP contribution in [0.1, 0.15) is 11.1 Å². The van der Waals surface area contributed by atoms with Gasteiger partial charge in [-0.15, -0.1) is 0 Å². The van der Waals surface area contributed by atoms with Gasteiger partial charge in [-0.1, -0.05) is 0 Å². The number of aryl methyl sites for hydroxylation is 2. The van der Waals surface area contributed by atoms with Crippen molar-refractivity contribution in [1.29, 1.82) is 0 Å². The highest BCUT2D eigenvalue weighted by Crippen LogP contribution is 2.42. The van der Waals surface area contributed by atoms with Crippen LogP contribution in [0.4, 0.5) is 0 Å². The molecular weight excluding hydrogens is 244 g/mol. The third kappa shape index (κ3) is 2.29. The number of phenolic OH excluding ortho intramolecular Hbond substituents is 3. The molecule has 0 fully saturated rings. The minimum absolute atomic E-state index is 0.0151. The molecule has 0 aliphatic carbocycles. The Morgan fingerprint density at radius 1 is 0.842 bits per heavy atom. The monoisotopic (exact) mass is 260 g/mol. The van der Waals surface area contributed by atoms with Gasteiger partial charge in [0.25, 0.3) is 0 Å². The molecule has 0 radical (unpaired) electrons. The smallest absolute Gasteiger partial charge is 0.165 e. The highest BCUT2D eigenvalue weighted by molar-refractivity contribution is 5.78. The lowest BCUT2D eigenvalue weighted by Gasteiger charge is -2.13. The van der Waals surface area contributed by atoms with Crippen molar-refractivity contribution in [1.82, 2.24) is 0 Å². The summed E-state index contributed by atoms with van der Waals surface area (Å²) in [6.45, 7) is 3.68. The van der Waals surface area contributed by atoms with Crippen molar-refractivity contribution in [3.63, 3.8) is 0 Å². The molecule has 2 aromatic rings. The van der Waals surface area contributed by atoms with Crippen LogP contribution in [-0.4, -0.2) is 22.4 Å². The highest BCUT2D eigenvalue weighted by Gasteiger charge is 2.15. The first-order valence-electron chi connectivity index (χ1n) is 5.84. The number of rotatable bonds is 2. The van der Waals surface area contributed by atoms with Crippen LogP contribution in [0.15, 0.2) is 24.3 Å². The van der Waals surface area contributed by atoms with Crippen LogP contribution in [0.25, 0.3) is 11.1 Å². The van der Waals surface area contributed by atoms with Gasteiger partial charge in [0.15, 0.2) is 23.0 Å². The van der Waals surface area contributed by atoms with Crippen molar-refractivity contribution in [3.05, 3.63) is 35.4 Å². The molecule has 3 N–H and O–H groups in total. The van der Waals surface area contributed by atoms with Crippen molar-refractivity contribution in [2.75, 3.05) is 7.11 Å². The average Bonchev–Trinajstić information content (AvgIpc) is 2.36. The van der Waals surface area contributed by atoms with Gasteiger partial charge in [0.05, 0.1) is 7.11 Å². The summed E-state index contributed by atoms with van der Waals surface area (Å²) >= 11 is 0. The van der Waals surface area contributed by atoms with Crippen LogP contribution in [0.3, 0.4) is 0 Å². The van der Waals surface area contributed by atoms with Gasteiger partial charge in [-0.3, -0.25) is 0 Å². The quantitative estimate of drug-likeness (QED) is 0.726. The Balaban J connectivity index is 2.72. The normalized spacial score (nSPS) is 10.5. The lowest BCUT2D eigenvalue weighted by molar-refractivity contribution is 0.374. The average molecular weight is 260 g/mol. The van der Waals surface area contributed by atoms with E-state index in [-0.39, 0.29) is 17.2 Å². The van der Waals surface area contributed by atoms with Gasteiger partial charge in [0, 0.05) is 5.56 Å². The highest BCUT2D eigenvalue weighted by atomic mass is 16.5. The fourth-order valence-corrected chi connectivity index (χ4v) is 2.08. The van der Waals surface area contributed by atoms with Crippen molar-refractivity contribution in [3.8, 4) is 34.1 Å². The largest absolute Gasteiger partial charge is 0.504 e. The number of hydrogen-bond donors (Lipinski definition) is 3. The van der Waals surface area contributed by atoms with E-state index in [4.69, 9.17) is 4.74 Å². The molecule has 0 heterocycles. The van der Waals surface area contributed by atoms with Gasteiger partial charge >= 0.3 is 0 Å². The molecule has 4 nitrogen and oxygen atoms in total. The van der Waals surface area contributed by atoms with Crippen LogP contribution in [-0.2, 0) is 0 Å². The third-order valence-electron chi connectivity index (χ3n) is 3.05. The predicted octanol–water partition coefficient (Wildman–Crippen LogP) is 3.10.